The van der Waals surface area contributed by atoms with Gasteiger partial charge in [0.05, 0.1) is 34.5 Å². The average Bonchev–Trinajstić information content (AvgIpc) is 2.84. The van der Waals surface area contributed by atoms with Crippen molar-refractivity contribution in [3.63, 3.8) is 0 Å². The summed E-state index contributed by atoms with van der Waals surface area (Å²) in [4.78, 5) is 41.3. The number of hydrogen-bond donors (Lipinski definition) is 1. The number of rotatable bonds is 7. The second-order valence-electron chi connectivity index (χ2n) is 6.99. The van der Waals surface area contributed by atoms with Gasteiger partial charge < -0.3 is 9.90 Å². The molecular formula is C24H16ClN4O4S-. The third-order valence-corrected chi connectivity index (χ3v) is 5.93. The molecule has 0 saturated heterocycles. The molecule has 1 heterocycles. The number of aromatic nitrogens is 2. The molecule has 0 radical (unpaired) electrons. The van der Waals surface area contributed by atoms with Crippen LogP contribution in [0.3, 0.4) is 0 Å². The minimum atomic E-state index is -1.34. The summed E-state index contributed by atoms with van der Waals surface area (Å²) in [6.07, 6.45) is 1.23. The van der Waals surface area contributed by atoms with E-state index in [4.69, 9.17) is 11.6 Å². The van der Waals surface area contributed by atoms with Crippen molar-refractivity contribution in [2.45, 2.75) is 5.16 Å². The molecule has 1 N–H and O–H groups in total. The van der Waals surface area contributed by atoms with E-state index in [0.29, 0.717) is 32.3 Å². The van der Waals surface area contributed by atoms with Crippen molar-refractivity contribution in [1.29, 1.82) is 0 Å². The molecule has 8 nitrogen and oxygen atoms in total. The number of nitrogens with one attached hydrogen (secondary N) is 1. The molecule has 3 aromatic carbocycles. The average molecular weight is 492 g/mol. The molecule has 10 heteroatoms. The summed E-state index contributed by atoms with van der Waals surface area (Å²) in [6.45, 7) is 0. The number of carbonyl (C=O) groups excluding carboxylic acids is 2. The van der Waals surface area contributed by atoms with E-state index in [0.717, 1.165) is 11.8 Å². The molecule has 0 aliphatic rings. The Morgan fingerprint density at radius 1 is 1.06 bits per heavy atom. The van der Waals surface area contributed by atoms with Crippen LogP contribution in [0, 0.1) is 0 Å². The van der Waals surface area contributed by atoms with Crippen LogP contribution in [0.4, 0.5) is 0 Å². The third-order valence-electron chi connectivity index (χ3n) is 4.74. The van der Waals surface area contributed by atoms with E-state index in [1.165, 1.54) is 16.8 Å². The first kappa shape index (κ1) is 23.2. The summed E-state index contributed by atoms with van der Waals surface area (Å²) in [6, 6.07) is 19.8. The molecule has 170 valence electrons. The zero-order valence-electron chi connectivity index (χ0n) is 17.5. The summed E-state index contributed by atoms with van der Waals surface area (Å²) in [5.41, 5.74) is 3.41. The first-order valence-electron chi connectivity index (χ1n) is 9.97. The lowest BCUT2D eigenvalue weighted by atomic mass is 10.1. The van der Waals surface area contributed by atoms with Gasteiger partial charge in [-0.05, 0) is 36.4 Å². The van der Waals surface area contributed by atoms with E-state index in [-0.39, 0.29) is 16.9 Å². The predicted octanol–water partition coefficient (Wildman–Crippen LogP) is 2.65. The standard InChI is InChI=1S/C24H17ClN4O4S/c25-16-9-11-17(12-10-16)29-22(31)19-7-3-4-8-20(19)27-24(29)34-14-21(30)28-26-13-15-5-1-2-6-18(15)23(32)33/h1-13H,14H2,(H,28,30)(H,32,33)/p-1/b26-13-. The molecular weight excluding hydrogens is 476 g/mol. The van der Waals surface area contributed by atoms with Gasteiger partial charge in [0.2, 0.25) is 0 Å². The summed E-state index contributed by atoms with van der Waals surface area (Å²) < 4.78 is 1.43. The van der Waals surface area contributed by atoms with Crippen LogP contribution in [-0.2, 0) is 4.79 Å². The van der Waals surface area contributed by atoms with Crippen LogP contribution in [0.2, 0.25) is 5.02 Å². The monoisotopic (exact) mass is 491 g/mol. The van der Waals surface area contributed by atoms with E-state index in [1.54, 1.807) is 66.7 Å². The number of thioether (sulfide) groups is 1. The van der Waals surface area contributed by atoms with E-state index in [9.17, 15) is 19.5 Å². The molecule has 0 saturated carbocycles. The number of fused-ring (bicyclic) bond motifs is 1. The molecule has 0 spiro atoms. The minimum absolute atomic E-state index is 0.0396. The summed E-state index contributed by atoms with van der Waals surface area (Å²) in [5, 5.41) is 16.3. The summed E-state index contributed by atoms with van der Waals surface area (Å²) in [7, 11) is 0. The number of amides is 1. The largest absolute Gasteiger partial charge is 0.545 e. The van der Waals surface area contributed by atoms with Crippen molar-refractivity contribution in [1.82, 2.24) is 15.0 Å². The SMILES string of the molecule is O=C(CSc1nc2ccccc2c(=O)n1-c1ccc(Cl)cc1)N/N=C\c1ccccc1C(=O)[O-]. The fourth-order valence-electron chi connectivity index (χ4n) is 3.16. The van der Waals surface area contributed by atoms with Gasteiger partial charge in [0, 0.05) is 16.1 Å². The molecule has 4 aromatic rings. The Labute approximate surface area is 202 Å². The smallest absolute Gasteiger partial charge is 0.266 e. The Kier molecular flexibility index (Phi) is 7.05. The highest BCUT2D eigenvalue weighted by Crippen LogP contribution is 2.22. The van der Waals surface area contributed by atoms with Crippen LogP contribution in [0.5, 0.6) is 0 Å². The Bertz CT molecular complexity index is 1470. The molecule has 0 fully saturated rings. The molecule has 34 heavy (non-hydrogen) atoms. The first-order chi connectivity index (χ1) is 16.4. The summed E-state index contributed by atoms with van der Waals surface area (Å²) >= 11 is 7.05. The van der Waals surface area contributed by atoms with Gasteiger partial charge in [0.15, 0.2) is 5.16 Å². The van der Waals surface area contributed by atoms with Crippen LogP contribution >= 0.6 is 23.4 Å². The maximum absolute atomic E-state index is 13.2. The lowest BCUT2D eigenvalue weighted by Crippen LogP contribution is -2.25. The van der Waals surface area contributed by atoms with Crippen molar-refractivity contribution in [3.8, 4) is 5.69 Å². The summed E-state index contributed by atoms with van der Waals surface area (Å²) in [5.74, 6) is -1.89. The quantitative estimate of drug-likeness (QED) is 0.184. The van der Waals surface area contributed by atoms with Gasteiger partial charge in [0.25, 0.3) is 11.5 Å². The minimum Gasteiger partial charge on any atom is -0.545 e. The van der Waals surface area contributed by atoms with Gasteiger partial charge >= 0.3 is 0 Å². The van der Waals surface area contributed by atoms with Crippen LogP contribution in [-0.4, -0.2) is 33.4 Å². The van der Waals surface area contributed by atoms with Crippen molar-refractivity contribution >= 4 is 52.4 Å². The number of aromatic carboxylic acids is 1. The van der Waals surface area contributed by atoms with Gasteiger partial charge in [0.1, 0.15) is 0 Å². The normalized spacial score (nSPS) is 11.1. The second kappa shape index (κ2) is 10.3. The van der Waals surface area contributed by atoms with Crippen LogP contribution in [0.1, 0.15) is 15.9 Å². The molecule has 1 aromatic heterocycles. The zero-order chi connectivity index (χ0) is 24.1. The fraction of sp³-hybridized carbons (Fsp3) is 0.0417. The number of para-hydroxylation sites is 1. The number of hydrogen-bond acceptors (Lipinski definition) is 7. The van der Waals surface area contributed by atoms with Crippen LogP contribution < -0.4 is 16.1 Å². The van der Waals surface area contributed by atoms with Gasteiger partial charge in [-0.2, -0.15) is 5.10 Å². The molecule has 0 unspecified atom stereocenters. The first-order valence-corrected chi connectivity index (χ1v) is 11.3. The van der Waals surface area contributed by atoms with E-state index in [2.05, 4.69) is 15.5 Å². The molecule has 1 amide bonds. The molecule has 0 aliphatic heterocycles. The van der Waals surface area contributed by atoms with Crippen molar-refractivity contribution in [2.75, 3.05) is 5.75 Å². The Balaban J connectivity index is 1.56. The maximum atomic E-state index is 13.2. The van der Waals surface area contributed by atoms with Crippen molar-refractivity contribution < 1.29 is 14.7 Å². The molecule has 0 atom stereocenters. The number of hydrazone groups is 1. The van der Waals surface area contributed by atoms with Crippen molar-refractivity contribution in [2.24, 2.45) is 5.10 Å². The number of benzene rings is 3. The molecule has 0 bridgehead atoms. The van der Waals surface area contributed by atoms with E-state index < -0.39 is 11.9 Å². The maximum Gasteiger partial charge on any atom is 0.266 e. The Morgan fingerprint density at radius 3 is 2.53 bits per heavy atom. The Morgan fingerprint density at radius 2 is 1.76 bits per heavy atom. The van der Waals surface area contributed by atoms with E-state index >= 15 is 0 Å². The second-order valence-corrected chi connectivity index (χ2v) is 8.36. The number of carboxylic acids is 1. The number of halogens is 1. The molecule has 0 aliphatic carbocycles. The lowest BCUT2D eigenvalue weighted by molar-refractivity contribution is -0.255. The number of carboxylic acid groups (broad SMARTS) is 1. The van der Waals surface area contributed by atoms with Crippen LogP contribution in [0.15, 0.2) is 87.8 Å². The predicted molar refractivity (Wildman–Crippen MR) is 130 cm³/mol. The van der Waals surface area contributed by atoms with Gasteiger partial charge in [-0.25, -0.2) is 10.4 Å². The number of carbonyl (C=O) groups is 2. The van der Waals surface area contributed by atoms with Gasteiger partial charge in [-0.3, -0.25) is 14.2 Å². The van der Waals surface area contributed by atoms with E-state index in [1.807, 2.05) is 0 Å². The van der Waals surface area contributed by atoms with Crippen LogP contribution in [0.25, 0.3) is 16.6 Å². The van der Waals surface area contributed by atoms with Gasteiger partial charge in [-0.1, -0.05) is 59.8 Å². The van der Waals surface area contributed by atoms with Crippen molar-refractivity contribution in [3.05, 3.63) is 99.3 Å². The lowest BCUT2D eigenvalue weighted by Gasteiger charge is -2.13. The molecule has 4 rings (SSSR count). The topological polar surface area (TPSA) is 116 Å². The third kappa shape index (κ3) is 5.16. The zero-order valence-corrected chi connectivity index (χ0v) is 19.0. The fourth-order valence-corrected chi connectivity index (χ4v) is 4.09. The highest BCUT2D eigenvalue weighted by Gasteiger charge is 2.14. The highest BCUT2D eigenvalue weighted by atomic mass is 35.5. The van der Waals surface area contributed by atoms with Gasteiger partial charge in [-0.15, -0.1) is 0 Å². The number of nitrogens with zero attached hydrogens (tertiary/aromatic N) is 3. The Hall–Kier alpha value is -3.95. The highest BCUT2D eigenvalue weighted by molar-refractivity contribution is 7.99.